The van der Waals surface area contributed by atoms with Crippen LogP contribution in [0.15, 0.2) is 36.3 Å². The molecular weight excluding hydrogens is 292 g/mol. The number of ether oxygens (including phenoxy) is 1. The Morgan fingerprint density at radius 2 is 2.05 bits per heavy atom. The zero-order chi connectivity index (χ0) is 14.7. The second kappa shape index (κ2) is 5.92. The molecule has 1 saturated heterocycles. The molecule has 2 heterocycles. The maximum absolute atomic E-state index is 12.4. The van der Waals surface area contributed by atoms with Crippen LogP contribution in [0.4, 0.5) is 5.69 Å². The minimum absolute atomic E-state index is 0.172. The Hall–Kier alpha value is -1.77. The summed E-state index contributed by atoms with van der Waals surface area (Å²) in [6.45, 7) is 2.44. The minimum atomic E-state index is -3.60. The first-order chi connectivity index (χ1) is 10.1. The topological polar surface area (TPSA) is 82.7 Å². The maximum atomic E-state index is 12.4. The summed E-state index contributed by atoms with van der Waals surface area (Å²) in [6.07, 6.45) is 2.30. The Balaban J connectivity index is 1.70. The van der Waals surface area contributed by atoms with Gasteiger partial charge in [0.15, 0.2) is 5.75 Å². The van der Waals surface area contributed by atoms with Gasteiger partial charge in [0, 0.05) is 19.6 Å². The van der Waals surface area contributed by atoms with E-state index >= 15 is 0 Å². The summed E-state index contributed by atoms with van der Waals surface area (Å²) in [5, 5.41) is 6.18. The van der Waals surface area contributed by atoms with Crippen molar-refractivity contribution in [3.63, 3.8) is 0 Å². The summed E-state index contributed by atoms with van der Waals surface area (Å²) >= 11 is 0. The molecule has 2 aliphatic rings. The Kier molecular flexibility index (Phi) is 4.00. The molecule has 7 nitrogen and oxygen atoms in total. The summed E-state index contributed by atoms with van der Waals surface area (Å²) in [6, 6.07) is 7.35. The van der Waals surface area contributed by atoms with Crippen molar-refractivity contribution in [2.24, 2.45) is 0 Å². The third-order valence-electron chi connectivity index (χ3n) is 3.33. The van der Waals surface area contributed by atoms with Crippen molar-refractivity contribution in [3.05, 3.63) is 36.3 Å². The van der Waals surface area contributed by atoms with Crippen LogP contribution < -0.4 is 20.1 Å². The van der Waals surface area contributed by atoms with Crippen molar-refractivity contribution in [1.29, 1.82) is 0 Å². The second-order valence-corrected chi connectivity index (χ2v) is 6.53. The Morgan fingerprint density at radius 1 is 1.19 bits per heavy atom. The maximum Gasteiger partial charge on any atom is 0.304 e. The van der Waals surface area contributed by atoms with Gasteiger partial charge in [-0.15, -0.1) is 0 Å². The van der Waals surface area contributed by atoms with Crippen molar-refractivity contribution in [2.45, 2.75) is 6.42 Å². The summed E-state index contributed by atoms with van der Waals surface area (Å²) < 4.78 is 34.2. The molecule has 2 aliphatic heterocycles. The van der Waals surface area contributed by atoms with Crippen LogP contribution in [-0.4, -0.2) is 38.9 Å². The highest BCUT2D eigenvalue weighted by molar-refractivity contribution is 7.87. The van der Waals surface area contributed by atoms with E-state index in [4.69, 9.17) is 4.74 Å². The fourth-order valence-electron chi connectivity index (χ4n) is 2.27. The van der Waals surface area contributed by atoms with E-state index in [0.29, 0.717) is 25.4 Å². The molecule has 0 spiro atoms. The largest absolute Gasteiger partial charge is 0.437 e. The number of rotatable bonds is 3. The molecule has 0 bridgehead atoms. The molecule has 3 N–H and O–H groups in total. The van der Waals surface area contributed by atoms with Crippen LogP contribution in [0, 0.1) is 0 Å². The highest BCUT2D eigenvalue weighted by Gasteiger charge is 2.25. The molecule has 0 amide bonds. The normalized spacial score (nSPS) is 19.5. The number of para-hydroxylation sites is 2. The van der Waals surface area contributed by atoms with E-state index in [1.165, 1.54) is 10.5 Å². The van der Waals surface area contributed by atoms with E-state index in [1.807, 2.05) is 18.2 Å². The van der Waals surface area contributed by atoms with Crippen LogP contribution >= 0.6 is 0 Å². The highest BCUT2D eigenvalue weighted by Crippen LogP contribution is 2.28. The Bertz CT molecular complexity index is 637. The molecule has 0 unspecified atom stereocenters. The first-order valence-electron chi connectivity index (χ1n) is 6.87. The molecule has 1 aromatic rings. The van der Waals surface area contributed by atoms with Crippen LogP contribution in [0.5, 0.6) is 5.75 Å². The van der Waals surface area contributed by atoms with Crippen molar-refractivity contribution in [1.82, 2.24) is 14.3 Å². The van der Waals surface area contributed by atoms with Gasteiger partial charge in [0.2, 0.25) is 5.88 Å². The Labute approximate surface area is 124 Å². The van der Waals surface area contributed by atoms with Gasteiger partial charge in [-0.2, -0.15) is 12.7 Å². The summed E-state index contributed by atoms with van der Waals surface area (Å²) in [4.78, 5) is 0. The number of benzene rings is 1. The predicted octanol–water partition coefficient (Wildman–Crippen LogP) is 0.420. The molecule has 0 radical (unpaired) electrons. The molecular formula is C13H18N4O3S. The molecule has 3 rings (SSSR count). The lowest BCUT2D eigenvalue weighted by Gasteiger charge is -2.24. The zero-order valence-electron chi connectivity index (χ0n) is 11.5. The number of anilines is 1. The molecule has 114 valence electrons. The van der Waals surface area contributed by atoms with Gasteiger partial charge in [-0.3, -0.25) is 0 Å². The SMILES string of the molecule is O=S(=O)(NC1=CNc2ccccc2O1)N1CCCNCC1. The summed E-state index contributed by atoms with van der Waals surface area (Å²) in [7, 11) is -3.60. The minimum Gasteiger partial charge on any atom is -0.437 e. The van der Waals surface area contributed by atoms with E-state index in [1.54, 1.807) is 6.07 Å². The third-order valence-corrected chi connectivity index (χ3v) is 4.84. The van der Waals surface area contributed by atoms with Gasteiger partial charge in [-0.25, -0.2) is 4.72 Å². The smallest absolute Gasteiger partial charge is 0.304 e. The fourth-order valence-corrected chi connectivity index (χ4v) is 3.45. The highest BCUT2D eigenvalue weighted by atomic mass is 32.2. The van der Waals surface area contributed by atoms with E-state index in [-0.39, 0.29) is 5.88 Å². The number of hydrogen-bond acceptors (Lipinski definition) is 5. The molecule has 1 fully saturated rings. The first kappa shape index (κ1) is 14.2. The van der Waals surface area contributed by atoms with Crippen LogP contribution in [-0.2, 0) is 10.2 Å². The van der Waals surface area contributed by atoms with E-state index in [2.05, 4.69) is 15.4 Å². The monoisotopic (exact) mass is 310 g/mol. The lowest BCUT2D eigenvalue weighted by molar-refractivity contribution is 0.379. The standard InChI is InChI=1S/C13H18N4O3S/c18-21(19,17-8-3-6-14-7-9-17)16-13-10-15-11-4-1-2-5-12(11)20-13/h1-2,4-5,10,14-16H,3,6-9H2. The van der Waals surface area contributed by atoms with Crippen molar-refractivity contribution in [2.75, 3.05) is 31.5 Å². The third kappa shape index (κ3) is 3.29. The average Bonchev–Trinajstić information content (AvgIpc) is 2.76. The van der Waals surface area contributed by atoms with Gasteiger partial charge in [0.1, 0.15) is 0 Å². The number of fused-ring (bicyclic) bond motifs is 1. The number of hydrogen-bond donors (Lipinski definition) is 3. The van der Waals surface area contributed by atoms with Crippen molar-refractivity contribution < 1.29 is 13.2 Å². The van der Waals surface area contributed by atoms with Gasteiger partial charge in [-0.1, -0.05) is 12.1 Å². The van der Waals surface area contributed by atoms with Crippen LogP contribution in [0.3, 0.4) is 0 Å². The molecule has 8 heteroatoms. The van der Waals surface area contributed by atoms with Gasteiger partial charge >= 0.3 is 10.2 Å². The number of nitrogens with zero attached hydrogens (tertiary/aromatic N) is 1. The zero-order valence-corrected chi connectivity index (χ0v) is 12.3. The van der Waals surface area contributed by atoms with Gasteiger partial charge in [-0.05, 0) is 25.1 Å². The van der Waals surface area contributed by atoms with Gasteiger partial charge < -0.3 is 15.4 Å². The molecule has 1 aromatic carbocycles. The molecule has 0 aromatic heterocycles. The molecule has 0 saturated carbocycles. The molecule has 21 heavy (non-hydrogen) atoms. The Morgan fingerprint density at radius 3 is 2.95 bits per heavy atom. The van der Waals surface area contributed by atoms with E-state index in [9.17, 15) is 8.42 Å². The lowest BCUT2D eigenvalue weighted by atomic mass is 10.3. The van der Waals surface area contributed by atoms with E-state index < -0.39 is 10.2 Å². The fraction of sp³-hybridized carbons (Fsp3) is 0.385. The number of nitrogens with one attached hydrogen (secondary N) is 3. The predicted molar refractivity (Wildman–Crippen MR) is 79.9 cm³/mol. The van der Waals surface area contributed by atoms with Crippen molar-refractivity contribution >= 4 is 15.9 Å². The van der Waals surface area contributed by atoms with Crippen LogP contribution in [0.25, 0.3) is 0 Å². The lowest BCUT2D eigenvalue weighted by Crippen LogP contribution is -2.43. The molecule has 0 atom stereocenters. The molecule has 0 aliphatic carbocycles. The summed E-state index contributed by atoms with van der Waals surface area (Å²) in [5.41, 5.74) is 0.805. The van der Waals surface area contributed by atoms with Gasteiger partial charge in [0.05, 0.1) is 11.9 Å². The van der Waals surface area contributed by atoms with Crippen LogP contribution in [0.1, 0.15) is 6.42 Å². The average molecular weight is 310 g/mol. The van der Waals surface area contributed by atoms with Gasteiger partial charge in [0.25, 0.3) is 0 Å². The van der Waals surface area contributed by atoms with Crippen molar-refractivity contribution in [3.8, 4) is 5.75 Å². The van der Waals surface area contributed by atoms with Crippen LogP contribution in [0.2, 0.25) is 0 Å². The first-order valence-corrected chi connectivity index (χ1v) is 8.31. The van der Waals surface area contributed by atoms with E-state index in [0.717, 1.165) is 18.7 Å². The second-order valence-electron chi connectivity index (χ2n) is 4.86. The quantitative estimate of drug-likeness (QED) is 0.754. The summed E-state index contributed by atoms with van der Waals surface area (Å²) in [5.74, 6) is 0.765.